The van der Waals surface area contributed by atoms with E-state index in [1.54, 1.807) is 18.2 Å². The van der Waals surface area contributed by atoms with Gasteiger partial charge >= 0.3 is 5.97 Å². The third-order valence-corrected chi connectivity index (χ3v) is 6.95. The molecule has 0 N–H and O–H groups in total. The van der Waals surface area contributed by atoms with Crippen LogP contribution in [0.3, 0.4) is 0 Å². The minimum Gasteiger partial charge on any atom is -0.423 e. The molecule has 2 fully saturated rings. The lowest BCUT2D eigenvalue weighted by Gasteiger charge is -2.27. The fraction of sp³-hybridized carbons (Fsp3) is 0.276. The zero-order chi connectivity index (χ0) is 24.5. The van der Waals surface area contributed by atoms with Crippen LogP contribution in [0.15, 0.2) is 67.3 Å². The average molecular weight is 479 g/mol. The van der Waals surface area contributed by atoms with E-state index in [1.165, 1.54) is 30.3 Å². The molecule has 3 aromatic rings. The Balaban J connectivity index is 1.28. The SMILES string of the molecule is C=CC1CCC(c2ccc(C(=O)Oc3ccc(-c4ccc(C5CO5)cc4F)cc3)c(F)c2F)CC1. The maximum atomic E-state index is 14.8. The lowest BCUT2D eigenvalue weighted by Crippen LogP contribution is -2.16. The number of epoxide rings is 1. The minimum absolute atomic E-state index is 0.0353. The summed E-state index contributed by atoms with van der Waals surface area (Å²) in [6.07, 6.45) is 5.15. The topological polar surface area (TPSA) is 38.8 Å². The second-order valence-corrected chi connectivity index (χ2v) is 9.15. The summed E-state index contributed by atoms with van der Waals surface area (Å²) in [5.41, 5.74) is 1.63. The maximum absolute atomic E-state index is 14.8. The molecule has 1 aliphatic carbocycles. The van der Waals surface area contributed by atoms with Crippen molar-refractivity contribution in [2.75, 3.05) is 6.61 Å². The van der Waals surface area contributed by atoms with Crippen LogP contribution in [0.1, 0.15) is 59.2 Å². The van der Waals surface area contributed by atoms with Gasteiger partial charge in [-0.1, -0.05) is 36.4 Å². The Bertz CT molecular complexity index is 1260. The van der Waals surface area contributed by atoms with Crippen molar-refractivity contribution in [2.24, 2.45) is 5.92 Å². The lowest BCUT2D eigenvalue weighted by molar-refractivity contribution is 0.0728. The smallest absolute Gasteiger partial charge is 0.346 e. The first kappa shape index (κ1) is 23.4. The third kappa shape index (κ3) is 4.89. The third-order valence-electron chi connectivity index (χ3n) is 6.95. The first-order valence-electron chi connectivity index (χ1n) is 11.8. The van der Waals surface area contributed by atoms with Crippen molar-refractivity contribution in [3.8, 4) is 16.9 Å². The summed E-state index contributed by atoms with van der Waals surface area (Å²) in [6, 6.07) is 13.9. The van der Waals surface area contributed by atoms with Gasteiger partial charge < -0.3 is 9.47 Å². The molecule has 5 rings (SSSR count). The second-order valence-electron chi connectivity index (χ2n) is 9.15. The van der Waals surface area contributed by atoms with E-state index in [0.29, 0.717) is 29.2 Å². The molecule has 1 heterocycles. The van der Waals surface area contributed by atoms with E-state index < -0.39 is 23.2 Å². The summed E-state index contributed by atoms with van der Waals surface area (Å²) in [5.74, 6) is -3.08. The van der Waals surface area contributed by atoms with Gasteiger partial charge in [-0.3, -0.25) is 0 Å². The second kappa shape index (κ2) is 9.70. The van der Waals surface area contributed by atoms with Crippen LogP contribution in [0.5, 0.6) is 5.75 Å². The van der Waals surface area contributed by atoms with Crippen molar-refractivity contribution < 1.29 is 27.4 Å². The van der Waals surface area contributed by atoms with Gasteiger partial charge in [-0.15, -0.1) is 6.58 Å². The number of carbonyl (C=O) groups is 1. The minimum atomic E-state index is -1.20. The Hall–Kier alpha value is -3.38. The predicted molar refractivity (Wildman–Crippen MR) is 127 cm³/mol. The summed E-state index contributed by atoms with van der Waals surface area (Å²) < 4.78 is 54.6. The number of carbonyl (C=O) groups excluding carboxylic acids is 1. The highest BCUT2D eigenvalue weighted by molar-refractivity contribution is 5.91. The number of hydrogen-bond donors (Lipinski definition) is 0. The molecule has 0 amide bonds. The number of hydrogen-bond acceptors (Lipinski definition) is 3. The van der Waals surface area contributed by atoms with Crippen LogP contribution in [-0.4, -0.2) is 12.6 Å². The van der Waals surface area contributed by atoms with Gasteiger partial charge in [-0.2, -0.15) is 0 Å². The zero-order valence-corrected chi connectivity index (χ0v) is 19.1. The summed E-state index contributed by atoms with van der Waals surface area (Å²) in [7, 11) is 0. The molecule has 2 aliphatic rings. The van der Waals surface area contributed by atoms with Gasteiger partial charge in [-0.05, 0) is 78.5 Å². The number of halogens is 3. The monoisotopic (exact) mass is 478 g/mol. The summed E-state index contributed by atoms with van der Waals surface area (Å²) in [6.45, 7) is 4.41. The van der Waals surface area contributed by atoms with Gasteiger partial charge in [0.05, 0.1) is 12.2 Å². The Labute approximate surface area is 202 Å². The maximum Gasteiger partial charge on any atom is 0.346 e. The summed E-state index contributed by atoms with van der Waals surface area (Å²) in [5, 5.41) is 0. The van der Waals surface area contributed by atoms with Crippen LogP contribution < -0.4 is 4.74 Å². The zero-order valence-electron chi connectivity index (χ0n) is 19.1. The first-order valence-corrected chi connectivity index (χ1v) is 11.8. The fourth-order valence-electron chi connectivity index (χ4n) is 4.77. The van der Waals surface area contributed by atoms with E-state index >= 15 is 0 Å². The van der Waals surface area contributed by atoms with Gasteiger partial charge in [0.1, 0.15) is 17.7 Å². The van der Waals surface area contributed by atoms with Crippen LogP contribution in [0.25, 0.3) is 11.1 Å². The Kier molecular flexibility index (Phi) is 6.48. The predicted octanol–water partition coefficient (Wildman–Crippen LogP) is 7.52. The molecule has 0 spiro atoms. The molecule has 1 atom stereocenters. The molecule has 1 aliphatic heterocycles. The van der Waals surface area contributed by atoms with Gasteiger partial charge in [0.2, 0.25) is 0 Å². The normalized spacial score (nSPS) is 21.4. The van der Waals surface area contributed by atoms with Gasteiger partial charge in [-0.25, -0.2) is 18.0 Å². The number of ether oxygens (including phenoxy) is 2. The van der Waals surface area contributed by atoms with Gasteiger partial charge in [0.15, 0.2) is 11.6 Å². The molecule has 1 saturated heterocycles. The Morgan fingerprint density at radius 3 is 2.29 bits per heavy atom. The highest BCUT2D eigenvalue weighted by Crippen LogP contribution is 2.38. The van der Waals surface area contributed by atoms with Gasteiger partial charge in [0, 0.05) is 5.56 Å². The average Bonchev–Trinajstić information content (AvgIpc) is 3.72. The van der Waals surface area contributed by atoms with Gasteiger partial charge in [0.25, 0.3) is 0 Å². The quantitative estimate of drug-likeness (QED) is 0.159. The van der Waals surface area contributed by atoms with Crippen molar-refractivity contribution >= 4 is 5.97 Å². The molecular weight excluding hydrogens is 453 g/mol. The van der Waals surface area contributed by atoms with Crippen molar-refractivity contribution in [3.05, 3.63) is 101 Å². The summed E-state index contributed by atoms with van der Waals surface area (Å²) >= 11 is 0. The van der Waals surface area contributed by atoms with Crippen LogP contribution in [0, 0.1) is 23.4 Å². The van der Waals surface area contributed by atoms with Crippen LogP contribution in [0.4, 0.5) is 13.2 Å². The molecular formula is C29H25F3O3. The molecule has 6 heteroatoms. The molecule has 180 valence electrons. The summed E-state index contributed by atoms with van der Waals surface area (Å²) in [4.78, 5) is 12.6. The van der Waals surface area contributed by atoms with E-state index in [2.05, 4.69) is 6.58 Å². The molecule has 35 heavy (non-hydrogen) atoms. The highest BCUT2D eigenvalue weighted by Gasteiger charge is 2.28. The van der Waals surface area contributed by atoms with Crippen LogP contribution in [-0.2, 0) is 4.74 Å². The fourth-order valence-corrected chi connectivity index (χ4v) is 4.77. The molecule has 0 radical (unpaired) electrons. The van der Waals surface area contributed by atoms with Crippen molar-refractivity contribution in [2.45, 2.75) is 37.7 Å². The number of allylic oxidation sites excluding steroid dienone is 1. The number of esters is 1. The van der Waals surface area contributed by atoms with E-state index in [1.807, 2.05) is 12.1 Å². The number of rotatable bonds is 6. The van der Waals surface area contributed by atoms with Crippen LogP contribution in [0.2, 0.25) is 0 Å². The van der Waals surface area contributed by atoms with Crippen molar-refractivity contribution in [1.29, 1.82) is 0 Å². The molecule has 1 unspecified atom stereocenters. The van der Waals surface area contributed by atoms with E-state index in [4.69, 9.17) is 9.47 Å². The first-order chi connectivity index (χ1) is 16.9. The molecule has 3 aromatic carbocycles. The standard InChI is InChI=1S/C29H25F3O3/c1-2-17-3-5-19(6-4-17)23-13-14-24(28(32)27(23)31)29(33)35-21-10-7-18(8-11-21)22-12-9-20(15-25(22)30)26-16-34-26/h2,7-15,17,19,26H,1,3-6,16H2. The molecule has 0 aromatic heterocycles. The van der Waals surface area contributed by atoms with Crippen molar-refractivity contribution in [1.82, 2.24) is 0 Å². The number of benzene rings is 3. The van der Waals surface area contributed by atoms with Crippen LogP contribution >= 0.6 is 0 Å². The van der Waals surface area contributed by atoms with E-state index in [9.17, 15) is 18.0 Å². The largest absolute Gasteiger partial charge is 0.423 e. The Morgan fingerprint density at radius 1 is 0.943 bits per heavy atom. The Morgan fingerprint density at radius 2 is 1.66 bits per heavy atom. The highest BCUT2D eigenvalue weighted by atomic mass is 19.2. The van der Waals surface area contributed by atoms with E-state index in [-0.39, 0.29) is 23.6 Å². The molecule has 0 bridgehead atoms. The van der Waals surface area contributed by atoms with E-state index in [0.717, 1.165) is 31.2 Å². The van der Waals surface area contributed by atoms with Crippen molar-refractivity contribution in [3.63, 3.8) is 0 Å². The molecule has 1 saturated carbocycles. The lowest BCUT2D eigenvalue weighted by atomic mass is 9.78. The molecule has 3 nitrogen and oxygen atoms in total.